The van der Waals surface area contributed by atoms with Crippen molar-refractivity contribution in [2.45, 2.75) is 82.1 Å². The number of nitrogens with zero attached hydrogens (tertiary/aromatic N) is 16. The molecule has 149 heavy (non-hydrogen) atoms. The lowest BCUT2D eigenvalue weighted by atomic mass is 10.0. The molecule has 0 fully saturated rings. The van der Waals surface area contributed by atoms with Gasteiger partial charge in [0.1, 0.15) is 28.6 Å². The van der Waals surface area contributed by atoms with Crippen LogP contribution in [0.3, 0.4) is 0 Å². The van der Waals surface area contributed by atoms with E-state index in [0.717, 1.165) is 183 Å². The van der Waals surface area contributed by atoms with Gasteiger partial charge in [-0.1, -0.05) is 206 Å². The zero-order chi connectivity index (χ0) is 101. The lowest BCUT2D eigenvalue weighted by molar-refractivity contribution is -0.119. The first-order chi connectivity index (χ1) is 71.6. The summed E-state index contributed by atoms with van der Waals surface area (Å²) in [5.41, 5.74) is 29.7. The minimum absolute atomic E-state index is 0. The molecule has 0 bridgehead atoms. The van der Waals surface area contributed by atoms with Gasteiger partial charge in [0.15, 0.2) is 45.9 Å². The van der Waals surface area contributed by atoms with Crippen LogP contribution in [0.25, 0.3) is 223 Å². The molecule has 738 valence electrons. The molecule has 8 aromatic carbocycles. The van der Waals surface area contributed by atoms with Crippen LogP contribution in [0.1, 0.15) is 81.4 Å². The summed E-state index contributed by atoms with van der Waals surface area (Å²) in [4.78, 5) is 117. The van der Waals surface area contributed by atoms with E-state index in [2.05, 4.69) is 117 Å². The van der Waals surface area contributed by atoms with Gasteiger partial charge in [-0.3, -0.25) is 59.5 Å². The van der Waals surface area contributed by atoms with Crippen LogP contribution >= 0.6 is 46.4 Å². The fraction of sp³-hybridized carbons (Fsp3) is 0.123. The lowest BCUT2D eigenvalue weighted by Gasteiger charge is -2.09. The molecule has 31 nitrogen and oxygen atoms in total. The number of rotatable bonds is 22. The number of para-hydroxylation sites is 4. The van der Waals surface area contributed by atoms with Gasteiger partial charge in [0.2, 0.25) is 17.7 Å². The summed E-state index contributed by atoms with van der Waals surface area (Å²) >= 11 is 24.9. The first kappa shape index (κ1) is 99.7. The number of benzene rings is 8. The van der Waals surface area contributed by atoms with Crippen molar-refractivity contribution in [3.05, 3.63) is 318 Å². The van der Waals surface area contributed by atoms with E-state index in [-0.39, 0.29) is 50.2 Å². The van der Waals surface area contributed by atoms with Gasteiger partial charge in [-0.25, -0.2) is 39.9 Å². The average Bonchev–Trinajstić information content (AvgIpc) is 1.63. The Morgan fingerprint density at radius 3 is 0.906 bits per heavy atom. The highest BCUT2D eigenvalue weighted by molar-refractivity contribution is 6.32. The van der Waals surface area contributed by atoms with Crippen molar-refractivity contribution in [3.8, 4) is 135 Å². The van der Waals surface area contributed by atoms with Gasteiger partial charge in [0.25, 0.3) is 0 Å². The molecule has 0 saturated heterocycles. The van der Waals surface area contributed by atoms with Crippen molar-refractivity contribution >= 4 is 175 Å². The summed E-state index contributed by atoms with van der Waals surface area (Å²) in [6.07, 6.45) is 20.6. The van der Waals surface area contributed by atoms with Gasteiger partial charge in [-0.05, 0) is 149 Å². The Kier molecular flexibility index (Phi) is 29.1. The number of Topliss-reactive ketones (excluding diaryl/α,β-unsaturated/α-hetero) is 1. The Balaban J connectivity index is 0.000000124. The van der Waals surface area contributed by atoms with Crippen molar-refractivity contribution in [1.29, 1.82) is 0 Å². The number of amides is 3. The fourth-order valence-corrected chi connectivity index (χ4v) is 18.0. The third kappa shape index (κ3) is 21.6. The first-order valence-corrected chi connectivity index (χ1v) is 48.7. The molecule has 0 spiro atoms. The van der Waals surface area contributed by atoms with Crippen LogP contribution in [-0.4, -0.2) is 144 Å². The van der Waals surface area contributed by atoms with Gasteiger partial charge in [0, 0.05) is 174 Å². The molecule has 0 aliphatic carbocycles. The van der Waals surface area contributed by atoms with Crippen molar-refractivity contribution in [3.63, 3.8) is 0 Å². The molecule has 0 aliphatic heterocycles. The molecule has 11 N–H and O–H groups in total. The van der Waals surface area contributed by atoms with E-state index in [1.165, 1.54) is 0 Å². The highest BCUT2D eigenvalue weighted by atomic mass is 35.5. The number of fused-ring (bicyclic) bond motifs is 8. The monoisotopic (exact) mass is 2050 g/mol. The predicted molar refractivity (Wildman–Crippen MR) is 594 cm³/mol. The number of anilines is 3. The summed E-state index contributed by atoms with van der Waals surface area (Å²) in [6, 6.07) is 72.5. The molecule has 0 aliphatic rings. The Morgan fingerprint density at radius 1 is 0.309 bits per heavy atom. The van der Waals surface area contributed by atoms with E-state index in [9.17, 15) is 19.2 Å². The van der Waals surface area contributed by atoms with Crippen LogP contribution in [0, 0.1) is 11.8 Å². The zero-order valence-electron chi connectivity index (χ0n) is 79.5. The molecule has 0 unspecified atom stereocenters. The van der Waals surface area contributed by atoms with Crippen molar-refractivity contribution in [2.24, 2.45) is 11.8 Å². The first-order valence-electron chi connectivity index (χ1n) is 47.2. The molecular weight excluding hydrogens is 1950 g/mol. The predicted octanol–water partition coefficient (Wildman–Crippen LogP) is 27.3. The molecule has 24 aromatic rings. The maximum atomic E-state index is 12.2. The van der Waals surface area contributed by atoms with E-state index < -0.39 is 0 Å². The van der Waals surface area contributed by atoms with Crippen LogP contribution in [0.5, 0.6) is 0 Å². The van der Waals surface area contributed by atoms with Gasteiger partial charge in [-0.2, -0.15) is 20.4 Å². The van der Waals surface area contributed by atoms with E-state index in [1.807, 2.05) is 259 Å². The Hall–Kier alpha value is -18.0. The highest BCUT2D eigenvalue weighted by Crippen LogP contribution is 2.41. The number of ketones is 1. The van der Waals surface area contributed by atoms with Gasteiger partial charge in [0.05, 0.1) is 101 Å². The normalized spacial score (nSPS) is 11.2. The second kappa shape index (κ2) is 43.5. The number of halogens is 4. The van der Waals surface area contributed by atoms with Crippen molar-refractivity contribution < 1.29 is 19.2 Å². The SMILES string of the molecule is C.C.CC(C)C(=O)Nc1cncc(-c2cnc3n[nH]c(-c4nc5c(-c6cccc(Cl)c6)cccc5[nH]4)c3c2)c1.CC(C)CC(=O)Nc1cncc(-c2cnc3n[nH]c(-c4nc5c(-c6cccc(Cl)c6)cccc5[nH]4)c3c2)c1.CCC(=O)Cc1ccc(-c2cnc3n[nH]c(-c4nc5c(-c6cccc(Cl)c6)cccc5[nH]4)c3c2)cn1.CCC(=O)Nc1cncc(-c2cnc3n[nH]c(-c4nc5c(-c6cccc(Cl)c6)cccc5[nH]4)c3c2)c1. The van der Waals surface area contributed by atoms with Gasteiger partial charge >= 0.3 is 0 Å². The molecule has 16 aromatic heterocycles. The number of hydrogen-bond acceptors (Lipinski definition) is 20. The molecule has 0 radical (unpaired) electrons. The number of H-pyrrole nitrogens is 8. The van der Waals surface area contributed by atoms with Crippen LogP contribution in [0.15, 0.2) is 293 Å². The second-order valence-electron chi connectivity index (χ2n) is 35.7. The molecule has 16 heterocycles. The van der Waals surface area contributed by atoms with E-state index >= 15 is 0 Å². The maximum absolute atomic E-state index is 12.2. The van der Waals surface area contributed by atoms with Crippen LogP contribution < -0.4 is 16.0 Å². The molecule has 3 amide bonds. The molecule has 24 rings (SSSR count). The van der Waals surface area contributed by atoms with Gasteiger partial charge < -0.3 is 35.9 Å². The second-order valence-corrected chi connectivity index (χ2v) is 37.4. The third-order valence-corrected chi connectivity index (χ3v) is 25.5. The van der Waals surface area contributed by atoms with E-state index in [1.54, 1.807) is 75.1 Å². The Labute approximate surface area is 872 Å². The standard InChI is InChI=1S/C29H24ClN7O.C28H22ClN7O.C28H21ClN6O.C27H20ClN7O.2CH4/c1-16(2)9-25(38)33-21-11-18(13-31-15-21)19-12-23-27(36-37-28(23)32-14-19)29-34-24-8-4-7-22(26(24)35-29)17-5-3-6-20(30)10-17;1-15(2)28(37)32-20-10-17(12-30-14-20)18-11-22-25(35-36-26(22)31-13-18)27-33-23-8-4-7-21(24(23)34-27)16-5-3-6-19(29)9-16;1-2-21(36)13-20-10-9-17(14-30-20)18-12-23-26(34-35-27(23)31-15-18)28-32-24-8-4-7-22(25(24)33-28)16-5-3-6-19(29)11-16;1-2-23(36)31-19-10-16(12-29-14-19)17-11-21-25(34-35-26(21)30-13-17)27-32-22-8-4-7-20(24(22)33-27)15-5-3-6-18(28)9-15;;/h3-8,10-16H,9H2,1-2H3,(H,33,38)(H,34,35)(H,32,36,37);3-15H,1-2H3,(H,32,37)(H,33,34)(H,31,35,36);3-12,14-15H,2,13H2,1H3,(H,32,33)(H,31,34,35);3-14H,2H2,1H3,(H,31,36)(H,32,33)(H,30,34,35);2*1H4. The maximum Gasteiger partial charge on any atom is 0.226 e. The summed E-state index contributed by atoms with van der Waals surface area (Å²) in [6.45, 7) is 11.4. The zero-order valence-corrected chi connectivity index (χ0v) is 82.5. The number of pyridine rings is 8. The number of carbonyl (C=O) groups excluding carboxylic acids is 4. The lowest BCUT2D eigenvalue weighted by Crippen LogP contribution is -2.17. The quantitative estimate of drug-likeness (QED) is 0.0300. The number of carbonyl (C=O) groups is 4. The molecular formula is C114H95Cl4N27O4. The van der Waals surface area contributed by atoms with Crippen LogP contribution in [0.4, 0.5) is 17.1 Å². The number of imidazole rings is 4. The van der Waals surface area contributed by atoms with E-state index in [0.29, 0.717) is 109 Å². The van der Waals surface area contributed by atoms with Crippen LogP contribution in [-0.2, 0) is 25.6 Å². The minimum atomic E-state index is -0.127. The number of hydrogen-bond donors (Lipinski definition) is 11. The summed E-state index contributed by atoms with van der Waals surface area (Å²) in [5.74, 6) is 2.79. The Morgan fingerprint density at radius 2 is 0.611 bits per heavy atom. The number of aromatic nitrogens is 24. The summed E-state index contributed by atoms with van der Waals surface area (Å²) in [5, 5.41) is 44.6. The summed E-state index contributed by atoms with van der Waals surface area (Å²) in [7, 11) is 0. The Bertz CT molecular complexity index is 9170. The largest absolute Gasteiger partial charge is 0.337 e. The fourth-order valence-electron chi connectivity index (χ4n) is 17.3. The highest BCUT2D eigenvalue weighted by Gasteiger charge is 2.25. The smallest absolute Gasteiger partial charge is 0.226 e. The molecule has 35 heteroatoms. The topological polar surface area (TPSA) is 437 Å². The molecule has 0 saturated carbocycles. The number of aromatic amines is 8. The summed E-state index contributed by atoms with van der Waals surface area (Å²) < 4.78 is 0. The minimum Gasteiger partial charge on any atom is -0.337 e. The van der Waals surface area contributed by atoms with Gasteiger partial charge in [-0.15, -0.1) is 0 Å². The van der Waals surface area contributed by atoms with Crippen LogP contribution in [0.2, 0.25) is 20.1 Å². The number of nitrogens with one attached hydrogen (secondary N) is 11. The third-order valence-electron chi connectivity index (χ3n) is 24.6. The van der Waals surface area contributed by atoms with E-state index in [4.69, 9.17) is 66.3 Å². The van der Waals surface area contributed by atoms with Crippen molar-refractivity contribution in [1.82, 2.24) is 121 Å². The molecule has 0 atom stereocenters. The average molecular weight is 2050 g/mol. The van der Waals surface area contributed by atoms with Crippen molar-refractivity contribution in [2.75, 3.05) is 16.0 Å².